The highest BCUT2D eigenvalue weighted by molar-refractivity contribution is 5.97. The molecule has 26 heavy (non-hydrogen) atoms. The average Bonchev–Trinajstić information content (AvgIpc) is 3.00. The molecule has 2 aromatic rings. The number of pyridine rings is 1. The van der Waals surface area contributed by atoms with Gasteiger partial charge in [0.15, 0.2) is 5.69 Å². The summed E-state index contributed by atoms with van der Waals surface area (Å²) in [7, 11) is 1.64. The number of carbonyl (C=O) groups is 1. The van der Waals surface area contributed by atoms with E-state index < -0.39 is 0 Å². The van der Waals surface area contributed by atoms with Gasteiger partial charge < -0.3 is 19.8 Å². The number of fused-ring (bicyclic) bond motifs is 3. The van der Waals surface area contributed by atoms with Gasteiger partial charge in [0.2, 0.25) is 0 Å². The van der Waals surface area contributed by atoms with Crippen LogP contribution < -0.4 is 5.32 Å². The van der Waals surface area contributed by atoms with E-state index in [1.165, 1.54) is 17.7 Å². The van der Waals surface area contributed by atoms with E-state index in [0.717, 1.165) is 35.9 Å². The van der Waals surface area contributed by atoms with Crippen LogP contribution in [0.1, 0.15) is 66.8 Å². The molecule has 0 fully saturated rings. The Balaban J connectivity index is 2.13. The van der Waals surface area contributed by atoms with Crippen LogP contribution in [0.25, 0.3) is 10.9 Å². The standard InChI is InChI=1S/C20H29N3O3/c1-5-26-20(24)19-14(11-25-4)18-16(10-22-19)23-15-8-6-7-13(17(15)18)9-21-12(2)3/h10,12-13,21,23H,5-9,11H2,1-4H3. The fourth-order valence-corrected chi connectivity index (χ4v) is 3.90. The van der Waals surface area contributed by atoms with Crippen LogP contribution in [0.4, 0.5) is 0 Å². The van der Waals surface area contributed by atoms with Crippen LogP contribution >= 0.6 is 0 Å². The van der Waals surface area contributed by atoms with Gasteiger partial charge in [0.1, 0.15) is 0 Å². The zero-order valence-electron chi connectivity index (χ0n) is 16.1. The lowest BCUT2D eigenvalue weighted by atomic mass is 9.84. The minimum Gasteiger partial charge on any atom is -0.461 e. The second-order valence-corrected chi connectivity index (χ2v) is 7.20. The third-order valence-electron chi connectivity index (χ3n) is 4.98. The number of rotatable bonds is 7. The van der Waals surface area contributed by atoms with Crippen LogP contribution in [-0.2, 0) is 22.5 Å². The molecule has 142 valence electrons. The molecule has 3 rings (SSSR count). The van der Waals surface area contributed by atoms with Crippen molar-refractivity contribution < 1.29 is 14.3 Å². The number of H-pyrrole nitrogens is 1. The first-order valence-electron chi connectivity index (χ1n) is 9.48. The Morgan fingerprint density at radius 1 is 1.46 bits per heavy atom. The molecule has 1 atom stereocenters. The highest BCUT2D eigenvalue weighted by Gasteiger charge is 2.28. The second kappa shape index (κ2) is 8.18. The summed E-state index contributed by atoms with van der Waals surface area (Å²) in [4.78, 5) is 20.3. The van der Waals surface area contributed by atoms with Gasteiger partial charge in [-0.25, -0.2) is 9.78 Å². The third-order valence-corrected chi connectivity index (χ3v) is 4.98. The van der Waals surface area contributed by atoms with E-state index in [4.69, 9.17) is 9.47 Å². The molecule has 0 saturated carbocycles. The van der Waals surface area contributed by atoms with Crippen molar-refractivity contribution in [1.29, 1.82) is 0 Å². The van der Waals surface area contributed by atoms with Crippen LogP contribution in [-0.4, -0.2) is 42.2 Å². The maximum Gasteiger partial charge on any atom is 0.357 e. The molecule has 2 N–H and O–H groups in total. The summed E-state index contributed by atoms with van der Waals surface area (Å²) in [5.74, 6) is 0.0343. The van der Waals surface area contributed by atoms with Gasteiger partial charge in [-0.2, -0.15) is 0 Å². The van der Waals surface area contributed by atoms with Gasteiger partial charge in [-0.3, -0.25) is 0 Å². The number of esters is 1. The maximum absolute atomic E-state index is 12.4. The van der Waals surface area contributed by atoms with Crippen LogP contribution in [0, 0.1) is 0 Å². The summed E-state index contributed by atoms with van der Waals surface area (Å²) < 4.78 is 10.6. The molecule has 0 aromatic carbocycles. The van der Waals surface area contributed by atoms with Gasteiger partial charge in [0.25, 0.3) is 0 Å². The van der Waals surface area contributed by atoms with Crippen LogP contribution in [0.2, 0.25) is 0 Å². The lowest BCUT2D eigenvalue weighted by molar-refractivity contribution is 0.0514. The van der Waals surface area contributed by atoms with Crippen molar-refractivity contribution in [3.63, 3.8) is 0 Å². The van der Waals surface area contributed by atoms with Crippen molar-refractivity contribution in [1.82, 2.24) is 15.3 Å². The Hall–Kier alpha value is -1.92. The van der Waals surface area contributed by atoms with E-state index in [2.05, 4.69) is 29.1 Å². The minimum absolute atomic E-state index is 0.331. The number of aryl methyl sites for hydroxylation is 1. The average molecular weight is 359 g/mol. The lowest BCUT2D eigenvalue weighted by Gasteiger charge is -2.25. The second-order valence-electron chi connectivity index (χ2n) is 7.20. The van der Waals surface area contributed by atoms with E-state index in [-0.39, 0.29) is 5.97 Å². The Labute approximate surface area is 154 Å². The van der Waals surface area contributed by atoms with Gasteiger partial charge in [-0.1, -0.05) is 13.8 Å². The predicted molar refractivity (Wildman–Crippen MR) is 102 cm³/mol. The number of aromatic nitrogens is 2. The summed E-state index contributed by atoms with van der Waals surface area (Å²) in [5, 5.41) is 4.66. The Kier molecular flexibility index (Phi) is 5.94. The first-order chi connectivity index (χ1) is 12.6. The quantitative estimate of drug-likeness (QED) is 0.742. The predicted octanol–water partition coefficient (Wildman–Crippen LogP) is 3.30. The molecule has 1 aliphatic rings. The van der Waals surface area contributed by atoms with E-state index in [1.54, 1.807) is 20.2 Å². The smallest absolute Gasteiger partial charge is 0.357 e. The Morgan fingerprint density at radius 3 is 2.96 bits per heavy atom. The van der Waals surface area contributed by atoms with Crippen molar-refractivity contribution in [2.24, 2.45) is 0 Å². The monoisotopic (exact) mass is 359 g/mol. The number of hydrogen-bond donors (Lipinski definition) is 2. The molecule has 2 aromatic heterocycles. The first-order valence-corrected chi connectivity index (χ1v) is 9.48. The SMILES string of the molecule is CCOC(=O)c1ncc2[nH]c3c(c2c1COC)C(CNC(C)C)CCC3. The molecule has 0 radical (unpaired) electrons. The van der Waals surface area contributed by atoms with Crippen molar-refractivity contribution in [3.05, 3.63) is 28.7 Å². The van der Waals surface area contributed by atoms with E-state index in [1.807, 2.05) is 0 Å². The van der Waals surface area contributed by atoms with Crippen LogP contribution in [0.15, 0.2) is 6.20 Å². The number of nitrogens with zero attached hydrogens (tertiary/aromatic N) is 1. The molecule has 2 heterocycles. The molecule has 0 saturated heterocycles. The molecule has 1 unspecified atom stereocenters. The number of ether oxygens (including phenoxy) is 2. The highest BCUT2D eigenvalue weighted by Crippen LogP contribution is 2.39. The topological polar surface area (TPSA) is 76.2 Å². The van der Waals surface area contributed by atoms with Crippen LogP contribution in [0.5, 0.6) is 0 Å². The van der Waals surface area contributed by atoms with Gasteiger partial charge in [0.05, 0.1) is 24.9 Å². The lowest BCUT2D eigenvalue weighted by Crippen LogP contribution is -2.29. The molecule has 0 spiro atoms. The van der Waals surface area contributed by atoms with Crippen molar-refractivity contribution in [2.45, 2.75) is 58.6 Å². The van der Waals surface area contributed by atoms with Gasteiger partial charge >= 0.3 is 5.97 Å². The van der Waals surface area contributed by atoms with Crippen LogP contribution in [0.3, 0.4) is 0 Å². The van der Waals surface area contributed by atoms with Gasteiger partial charge in [0, 0.05) is 36.3 Å². The van der Waals surface area contributed by atoms with Gasteiger partial charge in [-0.05, 0) is 37.7 Å². The molecular weight excluding hydrogens is 330 g/mol. The fraction of sp³-hybridized carbons (Fsp3) is 0.600. The highest BCUT2D eigenvalue weighted by atomic mass is 16.5. The maximum atomic E-state index is 12.4. The molecule has 6 nitrogen and oxygen atoms in total. The molecular formula is C20H29N3O3. The van der Waals surface area contributed by atoms with Crippen molar-refractivity contribution in [3.8, 4) is 0 Å². The Morgan fingerprint density at radius 2 is 2.27 bits per heavy atom. The summed E-state index contributed by atoms with van der Waals surface area (Å²) in [6.45, 7) is 7.74. The number of nitrogens with one attached hydrogen (secondary N) is 2. The molecule has 6 heteroatoms. The molecule has 0 amide bonds. The zero-order valence-corrected chi connectivity index (χ0v) is 16.1. The normalized spacial score (nSPS) is 16.9. The zero-order chi connectivity index (χ0) is 18.7. The minimum atomic E-state index is -0.385. The largest absolute Gasteiger partial charge is 0.461 e. The number of carbonyl (C=O) groups excluding carboxylic acids is 1. The third kappa shape index (κ3) is 3.62. The Bertz CT molecular complexity index is 782. The summed E-state index contributed by atoms with van der Waals surface area (Å²) in [6, 6.07) is 0.445. The summed E-state index contributed by atoms with van der Waals surface area (Å²) in [6.07, 6.45) is 5.10. The number of aromatic amines is 1. The van der Waals surface area contributed by atoms with E-state index in [9.17, 15) is 4.79 Å². The first kappa shape index (κ1) is 18.9. The fourth-order valence-electron chi connectivity index (χ4n) is 3.90. The summed E-state index contributed by atoms with van der Waals surface area (Å²) in [5.41, 5.74) is 4.76. The number of methoxy groups -OCH3 is 1. The van der Waals surface area contributed by atoms with E-state index >= 15 is 0 Å². The molecule has 0 aliphatic heterocycles. The summed E-state index contributed by atoms with van der Waals surface area (Å²) >= 11 is 0. The van der Waals surface area contributed by atoms with E-state index in [0.29, 0.717) is 30.9 Å². The molecule has 1 aliphatic carbocycles. The van der Waals surface area contributed by atoms with Gasteiger partial charge in [-0.15, -0.1) is 0 Å². The molecule has 0 bridgehead atoms. The number of hydrogen-bond acceptors (Lipinski definition) is 5. The van der Waals surface area contributed by atoms with Crippen molar-refractivity contribution >= 4 is 16.9 Å². The van der Waals surface area contributed by atoms with Crippen molar-refractivity contribution in [2.75, 3.05) is 20.3 Å².